The van der Waals surface area contributed by atoms with E-state index in [9.17, 15) is 13.2 Å². The molecule has 1 amide bonds. The SMILES string of the molecule is O=C1Cc2cccc(NS(=O)(=O)c3ccsc3Cl)c2N1. The van der Waals surface area contributed by atoms with Crippen LogP contribution in [0.15, 0.2) is 34.5 Å². The van der Waals surface area contributed by atoms with Crippen LogP contribution < -0.4 is 10.0 Å². The molecule has 1 aromatic carbocycles. The van der Waals surface area contributed by atoms with E-state index in [-0.39, 0.29) is 21.6 Å². The van der Waals surface area contributed by atoms with Crippen LogP contribution in [0.2, 0.25) is 4.34 Å². The third-order valence-corrected chi connectivity index (χ3v) is 5.70. The first kappa shape index (κ1) is 13.4. The quantitative estimate of drug-likeness (QED) is 0.909. The number of sulfonamides is 1. The van der Waals surface area contributed by atoms with Crippen molar-refractivity contribution >= 4 is 50.2 Å². The minimum absolute atomic E-state index is 0.0334. The van der Waals surface area contributed by atoms with E-state index < -0.39 is 10.0 Å². The summed E-state index contributed by atoms with van der Waals surface area (Å²) in [5.41, 5.74) is 1.62. The molecule has 2 aromatic rings. The number of fused-ring (bicyclic) bond motifs is 1. The number of benzene rings is 1. The van der Waals surface area contributed by atoms with E-state index in [4.69, 9.17) is 11.6 Å². The Morgan fingerprint density at radius 1 is 1.30 bits per heavy atom. The summed E-state index contributed by atoms with van der Waals surface area (Å²) in [6.45, 7) is 0. The molecular formula is C12H9ClN2O3S2. The second-order valence-electron chi connectivity index (χ2n) is 4.23. The molecule has 0 spiro atoms. The fourth-order valence-electron chi connectivity index (χ4n) is 2.01. The minimum atomic E-state index is -3.76. The number of rotatable bonds is 3. The molecule has 2 heterocycles. The molecule has 1 aliphatic heterocycles. The number of carbonyl (C=O) groups excluding carboxylic acids is 1. The molecule has 0 unspecified atom stereocenters. The highest BCUT2D eigenvalue weighted by atomic mass is 35.5. The molecule has 1 aliphatic rings. The van der Waals surface area contributed by atoms with Crippen LogP contribution in [0.5, 0.6) is 0 Å². The first-order valence-electron chi connectivity index (χ1n) is 5.65. The molecule has 0 atom stereocenters. The van der Waals surface area contributed by atoms with Crippen molar-refractivity contribution in [3.05, 3.63) is 39.5 Å². The predicted octanol–water partition coefficient (Wildman–Crippen LogP) is 2.70. The lowest BCUT2D eigenvalue weighted by molar-refractivity contribution is -0.115. The molecule has 2 N–H and O–H groups in total. The third kappa shape index (κ3) is 2.28. The van der Waals surface area contributed by atoms with Crippen LogP contribution in [-0.4, -0.2) is 14.3 Å². The van der Waals surface area contributed by atoms with Crippen LogP contribution in [0, 0.1) is 0 Å². The second kappa shape index (κ2) is 4.76. The molecule has 8 heteroatoms. The molecule has 3 rings (SSSR count). The number of nitrogens with one attached hydrogen (secondary N) is 2. The molecule has 0 radical (unpaired) electrons. The highest BCUT2D eigenvalue weighted by molar-refractivity contribution is 7.93. The van der Waals surface area contributed by atoms with Gasteiger partial charge in [-0.25, -0.2) is 8.42 Å². The van der Waals surface area contributed by atoms with Gasteiger partial charge in [-0.3, -0.25) is 9.52 Å². The Kier molecular flexibility index (Phi) is 3.19. The van der Waals surface area contributed by atoms with Gasteiger partial charge in [0.25, 0.3) is 10.0 Å². The maximum Gasteiger partial charge on any atom is 0.264 e. The monoisotopic (exact) mass is 328 g/mol. The van der Waals surface area contributed by atoms with Crippen LogP contribution >= 0.6 is 22.9 Å². The van der Waals surface area contributed by atoms with Crippen molar-refractivity contribution in [3.8, 4) is 0 Å². The first-order chi connectivity index (χ1) is 9.47. The summed E-state index contributed by atoms with van der Waals surface area (Å²) in [5.74, 6) is -0.153. The van der Waals surface area contributed by atoms with Crippen molar-refractivity contribution in [2.75, 3.05) is 10.0 Å². The Bertz CT molecular complexity index is 799. The summed E-state index contributed by atoms with van der Waals surface area (Å²) in [4.78, 5) is 11.4. The van der Waals surface area contributed by atoms with Gasteiger partial charge in [-0.1, -0.05) is 23.7 Å². The summed E-state index contributed by atoms with van der Waals surface area (Å²) in [6, 6.07) is 6.52. The lowest BCUT2D eigenvalue weighted by atomic mass is 10.1. The predicted molar refractivity (Wildman–Crippen MR) is 78.9 cm³/mol. The third-order valence-electron chi connectivity index (χ3n) is 2.88. The smallest absolute Gasteiger partial charge is 0.264 e. The molecule has 5 nitrogen and oxygen atoms in total. The Balaban J connectivity index is 1.99. The lowest BCUT2D eigenvalue weighted by Crippen LogP contribution is -2.14. The highest BCUT2D eigenvalue weighted by Gasteiger charge is 2.24. The zero-order chi connectivity index (χ0) is 14.3. The normalized spacial score (nSPS) is 13.9. The molecule has 0 aliphatic carbocycles. The maximum absolute atomic E-state index is 12.3. The van der Waals surface area contributed by atoms with Crippen LogP contribution in [0.4, 0.5) is 11.4 Å². The zero-order valence-electron chi connectivity index (χ0n) is 10.0. The Morgan fingerprint density at radius 3 is 2.80 bits per heavy atom. The fourth-order valence-corrected chi connectivity index (χ4v) is 4.63. The van der Waals surface area contributed by atoms with Gasteiger partial charge in [0, 0.05) is 0 Å². The summed E-state index contributed by atoms with van der Waals surface area (Å²) in [6.07, 6.45) is 0.254. The number of hydrogen-bond acceptors (Lipinski definition) is 4. The maximum atomic E-state index is 12.3. The van der Waals surface area contributed by atoms with Crippen molar-refractivity contribution in [2.24, 2.45) is 0 Å². The lowest BCUT2D eigenvalue weighted by Gasteiger charge is -2.11. The van der Waals surface area contributed by atoms with Crippen molar-refractivity contribution in [1.29, 1.82) is 0 Å². The standard InChI is InChI=1S/C12H9ClN2O3S2/c13-12-9(4-5-19-12)20(17,18)15-8-3-1-2-7-6-10(16)14-11(7)8/h1-5,15H,6H2,(H,14,16). The number of thiophene rings is 1. The molecule has 0 saturated carbocycles. The summed E-state index contributed by atoms with van der Waals surface area (Å²) in [7, 11) is -3.76. The van der Waals surface area contributed by atoms with E-state index in [0.29, 0.717) is 11.4 Å². The number of hydrogen-bond donors (Lipinski definition) is 2. The Morgan fingerprint density at radius 2 is 2.10 bits per heavy atom. The van der Waals surface area contributed by atoms with Crippen LogP contribution in [0.25, 0.3) is 0 Å². The average Bonchev–Trinajstić information content (AvgIpc) is 2.94. The van der Waals surface area contributed by atoms with Crippen LogP contribution in [-0.2, 0) is 21.2 Å². The van der Waals surface area contributed by atoms with Crippen molar-refractivity contribution in [1.82, 2.24) is 0 Å². The molecule has 0 saturated heterocycles. The fraction of sp³-hybridized carbons (Fsp3) is 0.0833. The van der Waals surface area contributed by atoms with Crippen LogP contribution in [0.3, 0.4) is 0 Å². The number of para-hydroxylation sites is 1. The van der Waals surface area contributed by atoms with E-state index in [1.54, 1.807) is 23.6 Å². The van der Waals surface area contributed by atoms with Crippen molar-refractivity contribution < 1.29 is 13.2 Å². The number of amides is 1. The topological polar surface area (TPSA) is 75.3 Å². The van der Waals surface area contributed by atoms with Crippen molar-refractivity contribution in [3.63, 3.8) is 0 Å². The minimum Gasteiger partial charge on any atom is -0.324 e. The second-order valence-corrected chi connectivity index (χ2v) is 7.40. The van der Waals surface area contributed by atoms with Gasteiger partial charge in [0.05, 0.1) is 17.8 Å². The van der Waals surface area contributed by atoms with E-state index in [2.05, 4.69) is 10.0 Å². The molecular weight excluding hydrogens is 320 g/mol. The van der Waals surface area contributed by atoms with E-state index in [1.165, 1.54) is 6.07 Å². The van der Waals surface area contributed by atoms with Gasteiger partial charge in [-0.05, 0) is 23.1 Å². The van der Waals surface area contributed by atoms with Gasteiger partial charge < -0.3 is 5.32 Å². The van der Waals surface area contributed by atoms with Gasteiger partial charge in [-0.2, -0.15) is 0 Å². The number of halogens is 1. The largest absolute Gasteiger partial charge is 0.324 e. The van der Waals surface area contributed by atoms with Crippen LogP contribution in [0.1, 0.15) is 5.56 Å². The molecule has 20 heavy (non-hydrogen) atoms. The molecule has 104 valence electrons. The molecule has 0 bridgehead atoms. The van der Waals surface area contributed by atoms with Crippen molar-refractivity contribution in [2.45, 2.75) is 11.3 Å². The van der Waals surface area contributed by atoms with Gasteiger partial charge in [0.1, 0.15) is 9.23 Å². The molecule has 0 fully saturated rings. The summed E-state index contributed by atoms with van der Waals surface area (Å²) in [5, 5.41) is 4.26. The summed E-state index contributed by atoms with van der Waals surface area (Å²) >= 11 is 7.00. The van der Waals surface area contributed by atoms with Gasteiger partial charge in [0.2, 0.25) is 5.91 Å². The van der Waals surface area contributed by atoms with E-state index in [1.807, 2.05) is 0 Å². The first-order valence-corrected chi connectivity index (χ1v) is 8.39. The zero-order valence-corrected chi connectivity index (χ0v) is 12.4. The molecule has 1 aromatic heterocycles. The Hall–Kier alpha value is -1.57. The van der Waals surface area contributed by atoms with Gasteiger partial charge in [-0.15, -0.1) is 11.3 Å². The highest BCUT2D eigenvalue weighted by Crippen LogP contribution is 2.34. The van der Waals surface area contributed by atoms with E-state index >= 15 is 0 Å². The Labute approximate surface area is 124 Å². The summed E-state index contributed by atoms with van der Waals surface area (Å²) < 4.78 is 27.2. The van der Waals surface area contributed by atoms with Gasteiger partial charge in [0.15, 0.2) is 0 Å². The number of anilines is 2. The van der Waals surface area contributed by atoms with E-state index in [0.717, 1.165) is 16.9 Å². The average molecular weight is 329 g/mol. The van der Waals surface area contributed by atoms with Gasteiger partial charge >= 0.3 is 0 Å². The number of carbonyl (C=O) groups is 1.